The molecule has 5 N–H and O–H groups in total. The van der Waals surface area contributed by atoms with Crippen LogP contribution in [-0.4, -0.2) is 151 Å². The normalized spacial score (nSPS) is 24.5. The zero-order chi connectivity index (χ0) is 41.5. The molecule has 2 saturated heterocycles. The Morgan fingerprint density at radius 1 is 0.982 bits per heavy atom. The van der Waals surface area contributed by atoms with Crippen LogP contribution in [-0.2, 0) is 44.5 Å². The zero-order valence-electron chi connectivity index (χ0n) is 34.6. The lowest BCUT2D eigenvalue weighted by molar-refractivity contribution is -0.269. The number of hydrogen-bond acceptors (Lipinski definition) is 11. The number of ether oxygens (including phenoxy) is 4. The van der Waals surface area contributed by atoms with Gasteiger partial charge in [-0.3, -0.25) is 19.2 Å². The van der Waals surface area contributed by atoms with E-state index in [2.05, 4.69) is 24.5 Å². The quantitative estimate of drug-likeness (QED) is 0.107. The van der Waals surface area contributed by atoms with Gasteiger partial charge in [0.2, 0.25) is 23.6 Å². The van der Waals surface area contributed by atoms with Gasteiger partial charge in [-0.15, -0.1) is 0 Å². The number of likely N-dealkylation sites (tertiary alicyclic amines) is 1. The van der Waals surface area contributed by atoms with Crippen LogP contribution in [0.3, 0.4) is 0 Å². The first kappa shape index (κ1) is 47.2. The summed E-state index contributed by atoms with van der Waals surface area (Å²) in [6, 6.07) is 7.74. The van der Waals surface area contributed by atoms with Crippen molar-refractivity contribution in [3.8, 4) is 0 Å². The van der Waals surface area contributed by atoms with Crippen molar-refractivity contribution in [1.29, 1.82) is 0 Å². The van der Waals surface area contributed by atoms with E-state index in [1.54, 1.807) is 30.9 Å². The molecule has 0 saturated carbocycles. The van der Waals surface area contributed by atoms with Gasteiger partial charge in [0.05, 0.1) is 49.8 Å². The summed E-state index contributed by atoms with van der Waals surface area (Å²) in [5, 5.41) is 35.4. The standard InChI is InChI=1S/C41H68N4O11/c1-9-26(4)35(44(6)33(47)21-25(2)3)32(53-7)23-34(48)45-19-13-17-30(45)38(54-8)27(5)39(51)43-29(22-28-15-11-10-12-16-28)40(52)42-18-14-20-55-41-37(50)36(49)31(46)24-56-41/h10-12,15-16,25-27,29-32,35-38,41,46,49-50H,9,13-14,17-24H2,1-8H3,(H,42,52)(H,43,51)/t26-,27+,29?,30-,31+,32+,35-,36-,37+,38+,41+/m0/s1. The molecule has 2 fully saturated rings. The first-order valence-corrected chi connectivity index (χ1v) is 20.1. The Morgan fingerprint density at radius 3 is 2.30 bits per heavy atom. The van der Waals surface area contributed by atoms with Crippen LogP contribution >= 0.6 is 0 Å². The van der Waals surface area contributed by atoms with Crippen molar-refractivity contribution in [2.75, 3.05) is 47.6 Å². The first-order chi connectivity index (χ1) is 26.6. The Kier molecular flexibility index (Phi) is 19.6. The van der Waals surface area contributed by atoms with Crippen LogP contribution in [0, 0.1) is 17.8 Å². The molecule has 15 heteroatoms. The maximum Gasteiger partial charge on any atom is 0.242 e. The lowest BCUT2D eigenvalue weighted by Gasteiger charge is -2.39. The van der Waals surface area contributed by atoms with Crippen LogP contribution in [0.25, 0.3) is 0 Å². The summed E-state index contributed by atoms with van der Waals surface area (Å²) in [6.45, 7) is 10.5. The summed E-state index contributed by atoms with van der Waals surface area (Å²) in [5.74, 6) is -1.34. The topological polar surface area (TPSA) is 196 Å². The highest BCUT2D eigenvalue weighted by Gasteiger charge is 2.43. The maximum atomic E-state index is 14.1. The number of carbonyl (C=O) groups excluding carboxylic acids is 4. The van der Waals surface area contributed by atoms with Gasteiger partial charge in [-0.05, 0) is 36.7 Å². The fraction of sp³-hybridized carbons (Fsp3) is 0.756. The Bertz CT molecular complexity index is 1370. The van der Waals surface area contributed by atoms with Crippen LogP contribution in [0.4, 0.5) is 0 Å². The molecule has 0 aliphatic carbocycles. The Balaban J connectivity index is 1.67. The van der Waals surface area contributed by atoms with E-state index < -0.39 is 60.6 Å². The van der Waals surface area contributed by atoms with Gasteiger partial charge in [0.1, 0.15) is 24.4 Å². The minimum Gasteiger partial charge on any atom is -0.388 e. The van der Waals surface area contributed by atoms with Crippen molar-refractivity contribution < 1.29 is 53.4 Å². The van der Waals surface area contributed by atoms with Crippen LogP contribution < -0.4 is 10.6 Å². The predicted molar refractivity (Wildman–Crippen MR) is 209 cm³/mol. The van der Waals surface area contributed by atoms with Gasteiger partial charge in [0.25, 0.3) is 0 Å². The van der Waals surface area contributed by atoms with Gasteiger partial charge < -0.3 is 54.7 Å². The molecule has 1 unspecified atom stereocenters. The number of rotatable bonds is 22. The lowest BCUT2D eigenvalue weighted by atomic mass is 9.90. The molecule has 0 spiro atoms. The minimum atomic E-state index is -1.41. The van der Waals surface area contributed by atoms with E-state index in [9.17, 15) is 34.5 Å². The third-order valence-electron chi connectivity index (χ3n) is 11.2. The SMILES string of the molecule is CC[C@H](C)[C@@H]([C@@H](CC(=O)N1CCC[C@H]1[C@H](OC)[C@@H](C)C(=O)NC(Cc1ccccc1)C(=O)NCCCO[C@@H]1OC[C@@H](O)[C@H](O)[C@H]1O)OC)N(C)C(=O)CC(C)C. The van der Waals surface area contributed by atoms with E-state index in [1.807, 2.05) is 44.2 Å². The smallest absolute Gasteiger partial charge is 0.242 e. The van der Waals surface area contributed by atoms with Crippen molar-refractivity contribution in [1.82, 2.24) is 20.4 Å². The molecule has 3 rings (SSSR count). The number of carbonyl (C=O) groups is 4. The van der Waals surface area contributed by atoms with E-state index in [-0.39, 0.29) is 68.3 Å². The number of nitrogens with zero attached hydrogens (tertiary/aromatic N) is 2. The molecule has 318 valence electrons. The van der Waals surface area contributed by atoms with Crippen molar-refractivity contribution in [2.24, 2.45) is 17.8 Å². The fourth-order valence-corrected chi connectivity index (χ4v) is 7.71. The summed E-state index contributed by atoms with van der Waals surface area (Å²) in [6.07, 6.45) is -3.05. The summed E-state index contributed by atoms with van der Waals surface area (Å²) in [7, 11) is 4.89. The van der Waals surface area contributed by atoms with Crippen molar-refractivity contribution >= 4 is 23.6 Å². The van der Waals surface area contributed by atoms with Crippen LogP contribution in [0.1, 0.15) is 78.7 Å². The number of aliphatic hydroxyl groups is 3. The highest BCUT2D eigenvalue weighted by Crippen LogP contribution is 2.30. The number of aliphatic hydroxyl groups excluding tert-OH is 3. The second-order valence-electron chi connectivity index (χ2n) is 15.8. The van der Waals surface area contributed by atoms with Gasteiger partial charge in [-0.25, -0.2) is 0 Å². The van der Waals surface area contributed by atoms with E-state index in [4.69, 9.17) is 18.9 Å². The molecule has 0 radical (unpaired) electrons. The van der Waals surface area contributed by atoms with Crippen LogP contribution in [0.5, 0.6) is 0 Å². The Hall–Kier alpha value is -3.18. The lowest BCUT2D eigenvalue weighted by Crippen LogP contribution is -2.55. The third kappa shape index (κ3) is 13.2. The Labute approximate surface area is 332 Å². The average molecular weight is 793 g/mol. The molecule has 2 aliphatic rings. The second kappa shape index (κ2) is 23.3. The molecule has 15 nitrogen and oxygen atoms in total. The highest BCUT2D eigenvalue weighted by molar-refractivity contribution is 5.89. The van der Waals surface area contributed by atoms with E-state index in [1.165, 1.54) is 7.11 Å². The highest BCUT2D eigenvalue weighted by atomic mass is 16.7. The summed E-state index contributed by atoms with van der Waals surface area (Å²) in [5.41, 5.74) is 0.851. The molecule has 56 heavy (non-hydrogen) atoms. The van der Waals surface area contributed by atoms with E-state index in [0.717, 1.165) is 18.4 Å². The summed E-state index contributed by atoms with van der Waals surface area (Å²) >= 11 is 0. The third-order valence-corrected chi connectivity index (χ3v) is 11.2. The first-order valence-electron chi connectivity index (χ1n) is 20.1. The van der Waals surface area contributed by atoms with E-state index >= 15 is 0 Å². The van der Waals surface area contributed by atoms with E-state index in [0.29, 0.717) is 25.8 Å². The zero-order valence-corrected chi connectivity index (χ0v) is 34.6. The molecular weight excluding hydrogens is 724 g/mol. The molecule has 1 aromatic carbocycles. The molecule has 1 aromatic rings. The number of benzene rings is 1. The van der Waals surface area contributed by atoms with Crippen molar-refractivity contribution in [3.05, 3.63) is 35.9 Å². The molecule has 2 heterocycles. The van der Waals surface area contributed by atoms with Gasteiger partial charge >= 0.3 is 0 Å². The number of amides is 4. The number of nitrogens with one attached hydrogen (secondary N) is 2. The molecule has 4 amide bonds. The number of likely N-dealkylation sites (N-methyl/N-ethyl adjacent to an activating group) is 1. The summed E-state index contributed by atoms with van der Waals surface area (Å²) < 4.78 is 22.7. The predicted octanol–water partition coefficient (Wildman–Crippen LogP) is 1.64. The largest absolute Gasteiger partial charge is 0.388 e. The van der Waals surface area contributed by atoms with Crippen LogP contribution in [0.15, 0.2) is 30.3 Å². The molecule has 2 aliphatic heterocycles. The van der Waals surface area contributed by atoms with Gasteiger partial charge in [-0.1, -0.05) is 71.4 Å². The molecular formula is C41H68N4O11. The van der Waals surface area contributed by atoms with Gasteiger partial charge in [0.15, 0.2) is 6.29 Å². The Morgan fingerprint density at radius 2 is 1.68 bits per heavy atom. The van der Waals surface area contributed by atoms with Crippen LogP contribution in [0.2, 0.25) is 0 Å². The number of hydrogen-bond donors (Lipinski definition) is 5. The van der Waals surface area contributed by atoms with Gasteiger partial charge in [-0.2, -0.15) is 0 Å². The minimum absolute atomic E-state index is 0.0145. The number of methoxy groups -OCH3 is 2. The van der Waals surface area contributed by atoms with Gasteiger partial charge in [0, 0.05) is 47.2 Å². The molecule has 0 bridgehead atoms. The average Bonchev–Trinajstić information content (AvgIpc) is 3.66. The molecule has 11 atom stereocenters. The second-order valence-corrected chi connectivity index (χ2v) is 15.8. The monoisotopic (exact) mass is 792 g/mol. The van der Waals surface area contributed by atoms with Crippen molar-refractivity contribution in [2.45, 2.75) is 134 Å². The maximum absolute atomic E-state index is 14.1. The fourth-order valence-electron chi connectivity index (χ4n) is 7.71. The summed E-state index contributed by atoms with van der Waals surface area (Å²) in [4.78, 5) is 58.2. The molecule has 0 aromatic heterocycles. The van der Waals surface area contributed by atoms with Crippen molar-refractivity contribution in [3.63, 3.8) is 0 Å².